The van der Waals surface area contributed by atoms with E-state index in [1.807, 2.05) is 30.3 Å². The van der Waals surface area contributed by atoms with Crippen molar-refractivity contribution < 1.29 is 13.9 Å². The predicted molar refractivity (Wildman–Crippen MR) is 118 cm³/mol. The maximum atomic E-state index is 5.61. The number of oxazole rings is 1. The lowest BCUT2D eigenvalue weighted by Crippen LogP contribution is -2.37. The maximum Gasteiger partial charge on any atom is 0.226 e. The summed E-state index contributed by atoms with van der Waals surface area (Å²) in [6.45, 7) is 3.36. The molecule has 0 bridgehead atoms. The molecule has 0 spiro atoms. The SMILES string of the molecule is CN=C(NCCc1coc(-c2ccc(C)cc2)n1)NCc1ccc(OC)c(OC)c1. The average Bonchev–Trinajstić information content (AvgIpc) is 3.25. The highest BCUT2D eigenvalue weighted by Gasteiger charge is 2.08. The van der Waals surface area contributed by atoms with Gasteiger partial charge >= 0.3 is 0 Å². The number of aliphatic imine (C=N–C) groups is 1. The summed E-state index contributed by atoms with van der Waals surface area (Å²) in [5, 5.41) is 6.59. The van der Waals surface area contributed by atoms with Crippen LogP contribution in [0.3, 0.4) is 0 Å². The fraction of sp³-hybridized carbons (Fsp3) is 0.304. The van der Waals surface area contributed by atoms with Crippen LogP contribution < -0.4 is 20.1 Å². The molecular weight excluding hydrogens is 380 g/mol. The number of aromatic nitrogens is 1. The van der Waals surface area contributed by atoms with Crippen LogP contribution in [0.25, 0.3) is 11.5 Å². The van der Waals surface area contributed by atoms with Crippen LogP contribution in [-0.4, -0.2) is 38.8 Å². The van der Waals surface area contributed by atoms with Gasteiger partial charge in [-0.05, 0) is 36.8 Å². The van der Waals surface area contributed by atoms with E-state index in [1.54, 1.807) is 27.5 Å². The third-order valence-corrected chi connectivity index (χ3v) is 4.66. The minimum Gasteiger partial charge on any atom is -0.493 e. The molecule has 30 heavy (non-hydrogen) atoms. The standard InChI is InChI=1S/C23H28N4O3/c1-16-5-8-18(9-6-16)22-27-19(15-30-22)11-12-25-23(24-2)26-14-17-7-10-20(28-3)21(13-17)29-4/h5-10,13,15H,11-12,14H2,1-4H3,(H2,24,25,26). The first-order chi connectivity index (χ1) is 14.6. The van der Waals surface area contributed by atoms with E-state index in [9.17, 15) is 0 Å². The summed E-state index contributed by atoms with van der Waals surface area (Å²) in [5.41, 5.74) is 4.15. The molecule has 2 aromatic carbocycles. The van der Waals surface area contributed by atoms with Crippen molar-refractivity contribution in [3.05, 3.63) is 65.5 Å². The number of benzene rings is 2. The number of ether oxygens (including phenoxy) is 2. The predicted octanol–water partition coefficient (Wildman–Crippen LogP) is 3.57. The summed E-state index contributed by atoms with van der Waals surface area (Å²) in [7, 11) is 5.00. The highest BCUT2D eigenvalue weighted by Crippen LogP contribution is 2.27. The summed E-state index contributed by atoms with van der Waals surface area (Å²) in [4.78, 5) is 8.84. The first-order valence-electron chi connectivity index (χ1n) is 9.79. The highest BCUT2D eigenvalue weighted by molar-refractivity contribution is 5.79. The van der Waals surface area contributed by atoms with Crippen molar-refractivity contribution in [1.82, 2.24) is 15.6 Å². The van der Waals surface area contributed by atoms with Crippen LogP contribution in [-0.2, 0) is 13.0 Å². The first kappa shape index (κ1) is 21.2. The van der Waals surface area contributed by atoms with Gasteiger partial charge < -0.3 is 24.5 Å². The molecule has 2 N–H and O–H groups in total. The second-order valence-corrected chi connectivity index (χ2v) is 6.80. The van der Waals surface area contributed by atoms with Crippen molar-refractivity contribution in [2.75, 3.05) is 27.8 Å². The molecular formula is C23H28N4O3. The van der Waals surface area contributed by atoms with Gasteiger partial charge in [-0.15, -0.1) is 0 Å². The number of guanidine groups is 1. The molecule has 3 aromatic rings. The lowest BCUT2D eigenvalue weighted by Gasteiger charge is -2.13. The molecule has 1 heterocycles. The van der Waals surface area contributed by atoms with Crippen molar-refractivity contribution in [3.8, 4) is 23.0 Å². The minimum absolute atomic E-state index is 0.613. The lowest BCUT2D eigenvalue weighted by molar-refractivity contribution is 0.354. The summed E-state index contributed by atoms with van der Waals surface area (Å²) >= 11 is 0. The van der Waals surface area contributed by atoms with Crippen molar-refractivity contribution in [1.29, 1.82) is 0 Å². The smallest absolute Gasteiger partial charge is 0.226 e. The molecule has 0 aliphatic carbocycles. The van der Waals surface area contributed by atoms with Crippen LogP contribution in [0.5, 0.6) is 11.5 Å². The molecule has 0 saturated heterocycles. The van der Waals surface area contributed by atoms with Crippen molar-refractivity contribution in [2.45, 2.75) is 19.9 Å². The quantitative estimate of drug-likeness (QED) is 0.438. The van der Waals surface area contributed by atoms with E-state index in [2.05, 4.69) is 39.7 Å². The zero-order valence-corrected chi connectivity index (χ0v) is 17.9. The Morgan fingerprint density at radius 2 is 1.80 bits per heavy atom. The van der Waals surface area contributed by atoms with E-state index in [0.29, 0.717) is 36.4 Å². The van der Waals surface area contributed by atoms with Crippen LogP contribution in [0.2, 0.25) is 0 Å². The lowest BCUT2D eigenvalue weighted by atomic mass is 10.1. The maximum absolute atomic E-state index is 5.61. The molecule has 0 saturated carbocycles. The van der Waals surface area contributed by atoms with Gasteiger partial charge in [0.25, 0.3) is 0 Å². The molecule has 3 rings (SSSR count). The molecule has 1 aromatic heterocycles. The Balaban J connectivity index is 1.49. The van der Waals surface area contributed by atoms with E-state index in [0.717, 1.165) is 23.2 Å². The molecule has 0 atom stereocenters. The number of nitrogens with zero attached hydrogens (tertiary/aromatic N) is 2. The molecule has 7 heteroatoms. The molecule has 0 unspecified atom stereocenters. The fourth-order valence-corrected chi connectivity index (χ4v) is 2.96. The highest BCUT2D eigenvalue weighted by atomic mass is 16.5. The van der Waals surface area contributed by atoms with Crippen LogP contribution in [0.1, 0.15) is 16.8 Å². The van der Waals surface area contributed by atoms with Crippen molar-refractivity contribution in [3.63, 3.8) is 0 Å². The number of nitrogens with one attached hydrogen (secondary N) is 2. The second-order valence-electron chi connectivity index (χ2n) is 6.80. The molecule has 158 valence electrons. The van der Waals surface area contributed by atoms with Gasteiger partial charge in [-0.1, -0.05) is 23.8 Å². The van der Waals surface area contributed by atoms with E-state index in [1.165, 1.54) is 5.56 Å². The van der Waals surface area contributed by atoms with Crippen LogP contribution in [0, 0.1) is 6.92 Å². The number of hydrogen-bond acceptors (Lipinski definition) is 5. The Bertz CT molecular complexity index is 980. The zero-order valence-electron chi connectivity index (χ0n) is 17.9. The molecule has 7 nitrogen and oxygen atoms in total. The van der Waals surface area contributed by atoms with Gasteiger partial charge in [0, 0.05) is 32.1 Å². The molecule has 0 aliphatic heterocycles. The second kappa shape index (κ2) is 10.3. The third-order valence-electron chi connectivity index (χ3n) is 4.66. The Labute approximate surface area is 177 Å². The Hall–Kier alpha value is -3.48. The van der Waals surface area contributed by atoms with Crippen molar-refractivity contribution >= 4 is 5.96 Å². The largest absolute Gasteiger partial charge is 0.493 e. The van der Waals surface area contributed by atoms with E-state index >= 15 is 0 Å². The van der Waals surface area contributed by atoms with Gasteiger partial charge in [-0.2, -0.15) is 0 Å². The molecule has 0 amide bonds. The van der Waals surface area contributed by atoms with E-state index < -0.39 is 0 Å². The van der Waals surface area contributed by atoms with E-state index in [-0.39, 0.29) is 0 Å². The average molecular weight is 409 g/mol. The number of aryl methyl sites for hydroxylation is 1. The fourth-order valence-electron chi connectivity index (χ4n) is 2.96. The first-order valence-corrected chi connectivity index (χ1v) is 9.79. The zero-order chi connectivity index (χ0) is 21.3. The monoisotopic (exact) mass is 408 g/mol. The number of rotatable bonds is 8. The molecule has 0 radical (unpaired) electrons. The Kier molecular flexibility index (Phi) is 7.32. The summed E-state index contributed by atoms with van der Waals surface area (Å²) in [5.74, 6) is 2.77. The van der Waals surface area contributed by atoms with Gasteiger partial charge in [-0.3, -0.25) is 4.99 Å². The van der Waals surface area contributed by atoms with Crippen LogP contribution >= 0.6 is 0 Å². The van der Waals surface area contributed by atoms with Gasteiger partial charge in [0.1, 0.15) is 6.26 Å². The Morgan fingerprint density at radius 1 is 1.03 bits per heavy atom. The summed E-state index contributed by atoms with van der Waals surface area (Å²) in [6.07, 6.45) is 2.43. The minimum atomic E-state index is 0.613. The third kappa shape index (κ3) is 5.53. The summed E-state index contributed by atoms with van der Waals surface area (Å²) < 4.78 is 16.2. The van der Waals surface area contributed by atoms with Gasteiger partial charge in [-0.25, -0.2) is 4.98 Å². The molecule has 0 aliphatic rings. The van der Waals surface area contributed by atoms with E-state index in [4.69, 9.17) is 13.9 Å². The van der Waals surface area contributed by atoms with Crippen LogP contribution in [0.15, 0.2) is 58.1 Å². The molecule has 0 fully saturated rings. The van der Waals surface area contributed by atoms with Gasteiger partial charge in [0.2, 0.25) is 5.89 Å². The van der Waals surface area contributed by atoms with Gasteiger partial charge in [0.05, 0.1) is 19.9 Å². The van der Waals surface area contributed by atoms with Gasteiger partial charge in [0.15, 0.2) is 17.5 Å². The summed E-state index contributed by atoms with van der Waals surface area (Å²) in [6, 6.07) is 14.0. The topological polar surface area (TPSA) is 80.9 Å². The normalized spacial score (nSPS) is 11.3. The van der Waals surface area contributed by atoms with Crippen molar-refractivity contribution in [2.24, 2.45) is 4.99 Å². The Morgan fingerprint density at radius 3 is 2.50 bits per heavy atom. The van der Waals surface area contributed by atoms with Crippen LogP contribution in [0.4, 0.5) is 0 Å². The number of methoxy groups -OCH3 is 2. The number of hydrogen-bond donors (Lipinski definition) is 2.